The van der Waals surface area contributed by atoms with Gasteiger partial charge in [-0.3, -0.25) is 19.3 Å². The van der Waals surface area contributed by atoms with E-state index in [0.717, 1.165) is 6.92 Å². The van der Waals surface area contributed by atoms with Gasteiger partial charge in [-0.25, -0.2) is 0 Å². The number of ketones is 3. The quantitative estimate of drug-likeness (QED) is 0.302. The molecule has 0 spiro atoms. The highest BCUT2D eigenvalue weighted by atomic mass is 16.4. The van der Waals surface area contributed by atoms with E-state index in [2.05, 4.69) is 26.1 Å². The van der Waals surface area contributed by atoms with Crippen molar-refractivity contribution in [3.8, 4) is 5.75 Å². The summed E-state index contributed by atoms with van der Waals surface area (Å²) in [6.45, 7) is 9.86. The Kier molecular flexibility index (Phi) is 7.09. The zero-order valence-corrected chi connectivity index (χ0v) is 23.4. The minimum absolute atomic E-state index is 0.0131. The van der Waals surface area contributed by atoms with Gasteiger partial charge >= 0.3 is 0 Å². The molecular formula is C29H38N2O8. The standard InChI is InChI=1S/C29H38N2O8/c1-12-15-9-8-14(10-30-11-28(3,4)5)22(33)18(15)23(34)19-16(12)24(35)20-21(31(6)7)25(36)17(13(2)32)26(37)29(20,39)27(19)38/h8-9,12,16,20-21,24,30,33,35-36,38-39H,10-11H2,1-7H3/t12-,16+,20+,21-,24-,29+/m0/s1. The molecule has 0 heterocycles. The molecule has 0 aromatic heterocycles. The number of carbonyl (C=O) groups is 3. The van der Waals surface area contributed by atoms with Crippen molar-refractivity contribution in [2.45, 2.75) is 64.8 Å². The van der Waals surface area contributed by atoms with Gasteiger partial charge in [-0.2, -0.15) is 0 Å². The number of rotatable bonds is 5. The first-order chi connectivity index (χ1) is 18.0. The van der Waals surface area contributed by atoms with E-state index in [9.17, 15) is 39.9 Å². The van der Waals surface area contributed by atoms with Crippen molar-refractivity contribution in [2.24, 2.45) is 17.3 Å². The molecule has 3 aliphatic rings. The summed E-state index contributed by atoms with van der Waals surface area (Å²) in [5.74, 6) is -7.94. The number of fused-ring (bicyclic) bond motifs is 3. The van der Waals surface area contributed by atoms with Crippen molar-refractivity contribution >= 4 is 17.3 Å². The molecule has 3 aliphatic carbocycles. The van der Waals surface area contributed by atoms with Crippen LogP contribution in [-0.2, 0) is 16.1 Å². The number of Topliss-reactive ketones (excluding diaryl/α,β-unsaturated/α-hetero) is 3. The number of hydrogen-bond donors (Lipinski definition) is 6. The third kappa shape index (κ3) is 4.21. The van der Waals surface area contributed by atoms with Crippen molar-refractivity contribution < 1.29 is 39.9 Å². The van der Waals surface area contributed by atoms with E-state index in [0.29, 0.717) is 17.7 Å². The zero-order valence-electron chi connectivity index (χ0n) is 23.4. The first-order valence-corrected chi connectivity index (χ1v) is 13.1. The SMILES string of the molecule is CC(=O)C1=C(O)[C@@H](N(C)C)[C@@H]2[C@@H](O)[C@H]3C(=C(O)[C@]2(O)C1=O)C(=O)c1c(ccc(CNCC(C)(C)C)c1O)[C@@H]3C. The molecule has 10 nitrogen and oxygen atoms in total. The maximum atomic E-state index is 13.9. The Morgan fingerprint density at radius 1 is 1.13 bits per heavy atom. The molecule has 6 atom stereocenters. The van der Waals surface area contributed by atoms with Crippen LogP contribution < -0.4 is 5.32 Å². The second kappa shape index (κ2) is 9.55. The van der Waals surface area contributed by atoms with Crippen LogP contribution in [0.5, 0.6) is 5.75 Å². The summed E-state index contributed by atoms with van der Waals surface area (Å²) in [5, 5.41) is 60.3. The smallest absolute Gasteiger partial charge is 0.209 e. The number of phenolic OH excluding ortho intramolecular Hbond substituents is 1. The van der Waals surface area contributed by atoms with Gasteiger partial charge in [0.15, 0.2) is 17.2 Å². The largest absolute Gasteiger partial charge is 0.510 e. The number of benzene rings is 1. The first kappa shape index (κ1) is 28.9. The van der Waals surface area contributed by atoms with Crippen LogP contribution in [0.1, 0.15) is 62.0 Å². The summed E-state index contributed by atoms with van der Waals surface area (Å²) in [4.78, 5) is 41.2. The van der Waals surface area contributed by atoms with Crippen LogP contribution in [0.3, 0.4) is 0 Å². The topological polar surface area (TPSA) is 168 Å². The lowest BCUT2D eigenvalue weighted by molar-refractivity contribution is -0.162. The molecule has 1 aromatic carbocycles. The van der Waals surface area contributed by atoms with Gasteiger partial charge in [-0.15, -0.1) is 0 Å². The molecule has 212 valence electrons. The molecule has 39 heavy (non-hydrogen) atoms. The Balaban J connectivity index is 1.90. The van der Waals surface area contributed by atoms with Gasteiger partial charge < -0.3 is 30.8 Å². The minimum atomic E-state index is -2.85. The molecule has 0 saturated heterocycles. The van der Waals surface area contributed by atoms with Gasteiger partial charge in [0.2, 0.25) is 5.78 Å². The molecule has 4 rings (SSSR count). The summed E-state index contributed by atoms with van der Waals surface area (Å²) in [6.07, 6.45) is -1.57. The summed E-state index contributed by atoms with van der Waals surface area (Å²) in [5.41, 5.74) is -3.09. The van der Waals surface area contributed by atoms with Crippen LogP contribution in [0.2, 0.25) is 0 Å². The van der Waals surface area contributed by atoms with E-state index >= 15 is 0 Å². The molecular weight excluding hydrogens is 504 g/mol. The second-order valence-corrected chi connectivity index (χ2v) is 12.4. The van der Waals surface area contributed by atoms with Gasteiger partial charge in [0.1, 0.15) is 22.8 Å². The Hall–Kier alpha value is -3.05. The highest BCUT2D eigenvalue weighted by molar-refractivity contribution is 6.25. The summed E-state index contributed by atoms with van der Waals surface area (Å²) < 4.78 is 0. The molecule has 0 saturated carbocycles. The van der Waals surface area contributed by atoms with Crippen LogP contribution in [-0.4, -0.2) is 86.2 Å². The van der Waals surface area contributed by atoms with E-state index < -0.39 is 69.9 Å². The number of aromatic hydroxyl groups is 1. The molecule has 0 fully saturated rings. The predicted octanol–water partition coefficient (Wildman–Crippen LogP) is 1.89. The number of aliphatic hydroxyl groups is 4. The number of carbonyl (C=O) groups excluding carboxylic acids is 3. The van der Waals surface area contributed by atoms with Crippen molar-refractivity contribution in [3.63, 3.8) is 0 Å². The number of hydrogen-bond acceptors (Lipinski definition) is 10. The molecule has 0 bridgehead atoms. The minimum Gasteiger partial charge on any atom is -0.510 e. The van der Waals surface area contributed by atoms with Crippen LogP contribution in [0, 0.1) is 17.3 Å². The third-order valence-corrected chi connectivity index (χ3v) is 8.29. The number of nitrogens with one attached hydrogen (secondary N) is 1. The molecule has 1 aromatic rings. The van der Waals surface area contributed by atoms with Crippen molar-refractivity contribution in [1.29, 1.82) is 0 Å². The highest BCUT2D eigenvalue weighted by Gasteiger charge is 2.67. The van der Waals surface area contributed by atoms with Crippen molar-refractivity contribution in [2.75, 3.05) is 20.6 Å². The Morgan fingerprint density at radius 2 is 1.74 bits per heavy atom. The molecule has 0 unspecified atom stereocenters. The summed E-state index contributed by atoms with van der Waals surface area (Å²) in [7, 11) is 3.08. The molecule has 0 aliphatic heterocycles. The Labute approximate surface area is 227 Å². The summed E-state index contributed by atoms with van der Waals surface area (Å²) in [6, 6.07) is 2.20. The first-order valence-electron chi connectivity index (χ1n) is 13.1. The van der Waals surface area contributed by atoms with E-state index in [1.165, 1.54) is 19.0 Å². The highest BCUT2D eigenvalue weighted by Crippen LogP contribution is 2.55. The van der Waals surface area contributed by atoms with Crippen LogP contribution in [0.15, 0.2) is 34.8 Å². The molecule has 0 amide bonds. The van der Waals surface area contributed by atoms with Crippen LogP contribution >= 0.6 is 0 Å². The van der Waals surface area contributed by atoms with E-state index in [-0.39, 0.29) is 28.8 Å². The molecule has 6 N–H and O–H groups in total. The molecule has 0 radical (unpaired) electrons. The van der Waals surface area contributed by atoms with E-state index in [1.807, 2.05) is 0 Å². The predicted molar refractivity (Wildman–Crippen MR) is 142 cm³/mol. The fraction of sp³-hybridized carbons (Fsp3) is 0.552. The average Bonchev–Trinajstić information content (AvgIpc) is 2.81. The van der Waals surface area contributed by atoms with Crippen molar-refractivity contribution in [3.05, 3.63) is 51.5 Å². The fourth-order valence-electron chi connectivity index (χ4n) is 6.48. The van der Waals surface area contributed by atoms with Gasteiger partial charge in [0.05, 0.1) is 23.6 Å². The number of phenols is 1. The number of nitrogens with zero attached hydrogens (tertiary/aromatic N) is 1. The van der Waals surface area contributed by atoms with Crippen LogP contribution in [0.4, 0.5) is 0 Å². The van der Waals surface area contributed by atoms with Crippen LogP contribution in [0.25, 0.3) is 0 Å². The number of aliphatic hydroxyl groups excluding tert-OH is 3. The fourth-order valence-corrected chi connectivity index (χ4v) is 6.48. The zero-order chi connectivity index (χ0) is 29.4. The van der Waals surface area contributed by atoms with Gasteiger partial charge in [-0.1, -0.05) is 39.8 Å². The van der Waals surface area contributed by atoms with E-state index in [4.69, 9.17) is 0 Å². The lowest BCUT2D eigenvalue weighted by atomic mass is 9.55. The third-order valence-electron chi connectivity index (χ3n) is 8.29. The lowest BCUT2D eigenvalue weighted by Gasteiger charge is -2.53. The van der Waals surface area contributed by atoms with Crippen molar-refractivity contribution in [1.82, 2.24) is 10.2 Å². The molecule has 10 heteroatoms. The van der Waals surface area contributed by atoms with E-state index in [1.54, 1.807) is 19.1 Å². The number of likely N-dealkylation sites (N-methyl/N-ethyl adjacent to an activating group) is 1. The van der Waals surface area contributed by atoms with Gasteiger partial charge in [0, 0.05) is 30.1 Å². The van der Waals surface area contributed by atoms with Gasteiger partial charge in [0.25, 0.3) is 0 Å². The monoisotopic (exact) mass is 542 g/mol. The Bertz CT molecular complexity index is 1320. The maximum absolute atomic E-state index is 13.9. The summed E-state index contributed by atoms with van der Waals surface area (Å²) >= 11 is 0. The average molecular weight is 543 g/mol. The lowest BCUT2D eigenvalue weighted by Crippen LogP contribution is -2.68. The second-order valence-electron chi connectivity index (χ2n) is 12.4. The normalized spacial score (nSPS) is 30.9. The Morgan fingerprint density at radius 3 is 2.28 bits per heavy atom. The van der Waals surface area contributed by atoms with Gasteiger partial charge in [-0.05, 0) is 37.9 Å². The maximum Gasteiger partial charge on any atom is 0.209 e.